The van der Waals surface area contributed by atoms with Gasteiger partial charge in [0, 0.05) is 41.9 Å². The van der Waals surface area contributed by atoms with Crippen molar-refractivity contribution >= 4 is 17.1 Å². The van der Waals surface area contributed by atoms with Gasteiger partial charge in [-0.3, -0.25) is 19.8 Å². The van der Waals surface area contributed by atoms with Crippen molar-refractivity contribution in [1.29, 1.82) is 0 Å². The molecular formula is C22H23N5O3. The van der Waals surface area contributed by atoms with E-state index < -0.39 is 4.92 Å². The van der Waals surface area contributed by atoms with E-state index in [1.165, 1.54) is 12.1 Å². The molecule has 0 bridgehead atoms. The molecule has 1 atom stereocenters. The number of phenols is 1. The summed E-state index contributed by atoms with van der Waals surface area (Å²) in [6, 6.07) is 13.4. The highest BCUT2D eigenvalue weighted by Crippen LogP contribution is 2.39. The number of rotatable bonds is 5. The number of nitro benzene ring substituents is 1. The number of phenolic OH excluding ortho intramolecular Hbond substituents is 1. The number of nitrogens with zero attached hydrogens (tertiary/aromatic N) is 5. The van der Waals surface area contributed by atoms with Crippen molar-refractivity contribution in [1.82, 2.24) is 9.78 Å². The fourth-order valence-corrected chi connectivity index (χ4v) is 4.06. The molecule has 154 valence electrons. The first-order chi connectivity index (χ1) is 14.4. The molecule has 4 rings (SSSR count). The SMILES string of the molecule is CCn1nc(C)c([C@H]2CC(c3cccc(O)c3)=NN2c2ccc([N+](=O)[O-])cc2)c1C. The lowest BCUT2D eigenvalue weighted by Crippen LogP contribution is -2.20. The number of aromatic nitrogens is 2. The molecule has 30 heavy (non-hydrogen) atoms. The number of non-ortho nitro benzene ring substituents is 1. The molecular weight excluding hydrogens is 382 g/mol. The van der Waals surface area contributed by atoms with E-state index in [2.05, 4.69) is 18.9 Å². The van der Waals surface area contributed by atoms with Crippen LogP contribution in [0.5, 0.6) is 5.75 Å². The van der Waals surface area contributed by atoms with E-state index in [1.54, 1.807) is 30.3 Å². The number of hydrogen-bond acceptors (Lipinski definition) is 6. The highest BCUT2D eigenvalue weighted by atomic mass is 16.6. The van der Waals surface area contributed by atoms with E-state index in [4.69, 9.17) is 5.10 Å². The number of anilines is 1. The summed E-state index contributed by atoms with van der Waals surface area (Å²) in [6.07, 6.45) is 0.636. The largest absolute Gasteiger partial charge is 0.508 e. The average Bonchev–Trinajstić information content (AvgIpc) is 3.28. The van der Waals surface area contributed by atoms with Gasteiger partial charge in [0.05, 0.1) is 28.1 Å². The Morgan fingerprint density at radius 1 is 1.20 bits per heavy atom. The lowest BCUT2D eigenvalue weighted by atomic mass is 9.96. The Bertz CT molecular complexity index is 1130. The molecule has 8 heteroatoms. The van der Waals surface area contributed by atoms with Crippen LogP contribution in [-0.2, 0) is 6.54 Å². The van der Waals surface area contributed by atoms with Crippen LogP contribution in [0.25, 0.3) is 0 Å². The third-order valence-electron chi connectivity index (χ3n) is 5.49. The Kier molecular flexibility index (Phi) is 4.99. The third-order valence-corrected chi connectivity index (χ3v) is 5.49. The van der Waals surface area contributed by atoms with Crippen LogP contribution in [-0.4, -0.2) is 25.5 Å². The number of aryl methyl sites for hydroxylation is 2. The zero-order valence-corrected chi connectivity index (χ0v) is 17.1. The number of aromatic hydroxyl groups is 1. The number of hydrazone groups is 1. The maximum absolute atomic E-state index is 11.0. The van der Waals surface area contributed by atoms with Crippen LogP contribution < -0.4 is 5.01 Å². The van der Waals surface area contributed by atoms with Crippen LogP contribution in [0, 0.1) is 24.0 Å². The average molecular weight is 405 g/mol. The van der Waals surface area contributed by atoms with Crippen LogP contribution >= 0.6 is 0 Å². The molecule has 1 aliphatic rings. The van der Waals surface area contributed by atoms with Gasteiger partial charge in [0.1, 0.15) is 5.75 Å². The van der Waals surface area contributed by atoms with E-state index in [9.17, 15) is 15.2 Å². The van der Waals surface area contributed by atoms with Gasteiger partial charge in [-0.2, -0.15) is 10.2 Å². The molecule has 0 spiro atoms. The normalized spacial score (nSPS) is 16.0. The summed E-state index contributed by atoms with van der Waals surface area (Å²) in [5.74, 6) is 0.187. The van der Waals surface area contributed by atoms with E-state index in [0.717, 1.165) is 40.5 Å². The fraction of sp³-hybridized carbons (Fsp3) is 0.273. The molecule has 0 fully saturated rings. The van der Waals surface area contributed by atoms with Gasteiger partial charge in [0.2, 0.25) is 0 Å². The maximum atomic E-state index is 11.0. The van der Waals surface area contributed by atoms with Crippen molar-refractivity contribution in [3.63, 3.8) is 0 Å². The van der Waals surface area contributed by atoms with Gasteiger partial charge in [-0.05, 0) is 45.0 Å². The summed E-state index contributed by atoms with van der Waals surface area (Å²) in [5.41, 5.74) is 5.63. The minimum absolute atomic E-state index is 0.0397. The van der Waals surface area contributed by atoms with Crippen molar-refractivity contribution in [3.05, 3.63) is 81.2 Å². The summed E-state index contributed by atoms with van der Waals surface area (Å²) in [5, 5.41) is 32.4. The van der Waals surface area contributed by atoms with Crippen LogP contribution in [0.4, 0.5) is 11.4 Å². The number of nitro groups is 1. The Balaban J connectivity index is 1.80. The highest BCUT2D eigenvalue weighted by molar-refractivity contribution is 6.03. The lowest BCUT2D eigenvalue weighted by Gasteiger charge is -2.24. The summed E-state index contributed by atoms with van der Waals surface area (Å²) < 4.78 is 1.98. The Hall–Kier alpha value is -3.68. The lowest BCUT2D eigenvalue weighted by molar-refractivity contribution is -0.384. The van der Waals surface area contributed by atoms with Crippen LogP contribution in [0.3, 0.4) is 0 Å². The van der Waals surface area contributed by atoms with Crippen molar-refractivity contribution in [3.8, 4) is 5.75 Å². The van der Waals surface area contributed by atoms with Crippen molar-refractivity contribution in [2.75, 3.05) is 5.01 Å². The molecule has 0 unspecified atom stereocenters. The first-order valence-corrected chi connectivity index (χ1v) is 9.83. The second-order valence-corrected chi connectivity index (χ2v) is 7.34. The summed E-state index contributed by atoms with van der Waals surface area (Å²) in [6.45, 7) is 6.88. The number of benzene rings is 2. The minimum atomic E-state index is -0.410. The molecule has 3 aromatic rings. The molecule has 2 heterocycles. The van der Waals surface area contributed by atoms with Gasteiger partial charge < -0.3 is 5.11 Å². The summed E-state index contributed by atoms with van der Waals surface area (Å²) in [7, 11) is 0. The molecule has 0 radical (unpaired) electrons. The van der Waals surface area contributed by atoms with E-state index in [1.807, 2.05) is 22.7 Å². The van der Waals surface area contributed by atoms with Gasteiger partial charge in [-0.1, -0.05) is 12.1 Å². The maximum Gasteiger partial charge on any atom is 0.269 e. The van der Waals surface area contributed by atoms with Crippen LogP contribution in [0.2, 0.25) is 0 Å². The van der Waals surface area contributed by atoms with Gasteiger partial charge in [0.15, 0.2) is 0 Å². The monoisotopic (exact) mass is 405 g/mol. The smallest absolute Gasteiger partial charge is 0.269 e. The molecule has 0 amide bonds. The van der Waals surface area contributed by atoms with Crippen molar-refractivity contribution in [2.24, 2.45) is 5.10 Å². The Morgan fingerprint density at radius 3 is 2.53 bits per heavy atom. The molecule has 0 aliphatic carbocycles. The standard InChI is InChI=1S/C22H23N5O3/c1-4-25-15(3)22(14(2)23-25)21-13-20(16-6-5-7-19(28)12-16)24-26(21)17-8-10-18(11-9-17)27(29)30/h5-12,21,28H,4,13H2,1-3H3/t21-/m1/s1. The van der Waals surface area contributed by atoms with Gasteiger partial charge in [-0.15, -0.1) is 0 Å². The minimum Gasteiger partial charge on any atom is -0.508 e. The van der Waals surface area contributed by atoms with E-state index in [-0.39, 0.29) is 17.5 Å². The number of hydrogen-bond donors (Lipinski definition) is 1. The first kappa shape index (κ1) is 19.6. The Labute approximate surface area is 174 Å². The van der Waals surface area contributed by atoms with Gasteiger partial charge in [-0.25, -0.2) is 0 Å². The van der Waals surface area contributed by atoms with Crippen molar-refractivity contribution < 1.29 is 10.0 Å². The molecule has 1 aliphatic heterocycles. The zero-order chi connectivity index (χ0) is 21.4. The van der Waals surface area contributed by atoms with Crippen LogP contribution in [0.15, 0.2) is 53.6 Å². The summed E-state index contributed by atoms with van der Waals surface area (Å²) in [4.78, 5) is 10.6. The first-order valence-electron chi connectivity index (χ1n) is 9.83. The molecule has 1 N–H and O–H groups in total. The fourth-order valence-electron chi connectivity index (χ4n) is 4.06. The van der Waals surface area contributed by atoms with Gasteiger partial charge in [0.25, 0.3) is 5.69 Å². The highest BCUT2D eigenvalue weighted by Gasteiger charge is 2.34. The second kappa shape index (κ2) is 7.62. The molecule has 0 saturated carbocycles. The third kappa shape index (κ3) is 3.41. The zero-order valence-electron chi connectivity index (χ0n) is 17.1. The van der Waals surface area contributed by atoms with E-state index >= 15 is 0 Å². The summed E-state index contributed by atoms with van der Waals surface area (Å²) >= 11 is 0. The topological polar surface area (TPSA) is 96.8 Å². The predicted molar refractivity (Wildman–Crippen MR) is 115 cm³/mol. The second-order valence-electron chi connectivity index (χ2n) is 7.34. The molecule has 0 saturated heterocycles. The molecule has 8 nitrogen and oxygen atoms in total. The Morgan fingerprint density at radius 2 is 1.93 bits per heavy atom. The predicted octanol–water partition coefficient (Wildman–Crippen LogP) is 4.49. The van der Waals surface area contributed by atoms with E-state index in [0.29, 0.717) is 6.42 Å². The van der Waals surface area contributed by atoms with Gasteiger partial charge >= 0.3 is 0 Å². The van der Waals surface area contributed by atoms with Crippen LogP contribution in [0.1, 0.15) is 41.9 Å². The quantitative estimate of drug-likeness (QED) is 0.498. The molecule has 1 aromatic heterocycles. The van der Waals surface area contributed by atoms with Crippen molar-refractivity contribution in [2.45, 2.75) is 39.8 Å². The molecule has 2 aromatic carbocycles.